The first-order chi connectivity index (χ1) is 11.4. The van der Waals surface area contributed by atoms with Gasteiger partial charge in [0.2, 0.25) is 0 Å². The van der Waals surface area contributed by atoms with E-state index in [9.17, 15) is 18.3 Å². The number of carboxylic acid groups (broad SMARTS) is 1. The number of fused-ring (bicyclic) bond motifs is 1. The molecular formula is C15H12N4O4S. The molecule has 0 aliphatic rings. The normalized spacial score (nSPS) is 11.3. The summed E-state index contributed by atoms with van der Waals surface area (Å²) < 4.78 is 25.5. The summed E-state index contributed by atoms with van der Waals surface area (Å²) in [5, 5.41) is 10.5. The zero-order valence-electron chi connectivity index (χ0n) is 12.2. The van der Waals surface area contributed by atoms with E-state index < -0.39 is 16.0 Å². The minimum atomic E-state index is -3.64. The van der Waals surface area contributed by atoms with Crippen LogP contribution in [0.5, 0.6) is 0 Å². The molecule has 0 fully saturated rings. The fraction of sp³-hybridized carbons (Fsp3) is 0. The maximum Gasteiger partial charge on any atom is 0.338 e. The van der Waals surface area contributed by atoms with E-state index in [4.69, 9.17) is 0 Å². The number of hydrogen-bond donors (Lipinski definition) is 3. The monoisotopic (exact) mass is 344 g/mol. The number of nitrogens with zero attached hydrogens (tertiary/aromatic N) is 2. The number of hydrogen-bond acceptors (Lipinski definition) is 5. The molecule has 0 aliphatic carbocycles. The highest BCUT2D eigenvalue weighted by atomic mass is 32.2. The number of anilines is 1. The number of carboxylic acids is 1. The molecule has 24 heavy (non-hydrogen) atoms. The largest absolute Gasteiger partial charge is 0.478 e. The molecule has 3 rings (SSSR count). The van der Waals surface area contributed by atoms with E-state index in [0.717, 1.165) is 5.41 Å². The summed E-state index contributed by atoms with van der Waals surface area (Å²) in [6.45, 7) is 3.23. The average molecular weight is 344 g/mol. The summed E-state index contributed by atoms with van der Waals surface area (Å²) >= 11 is 0. The minimum Gasteiger partial charge on any atom is -0.478 e. The fourth-order valence-corrected chi connectivity index (χ4v) is 2.83. The van der Waals surface area contributed by atoms with Crippen molar-refractivity contribution in [1.82, 2.24) is 15.0 Å². The van der Waals surface area contributed by atoms with Gasteiger partial charge < -0.3 is 10.1 Å². The van der Waals surface area contributed by atoms with E-state index >= 15 is 0 Å². The van der Waals surface area contributed by atoms with Crippen LogP contribution in [0.2, 0.25) is 0 Å². The first-order valence-corrected chi connectivity index (χ1v) is 8.27. The van der Waals surface area contributed by atoms with Gasteiger partial charge in [-0.05, 0) is 12.1 Å². The lowest BCUT2D eigenvalue weighted by Gasteiger charge is -2.08. The maximum atomic E-state index is 11.6. The van der Waals surface area contributed by atoms with Crippen molar-refractivity contribution in [3.05, 3.63) is 54.3 Å². The lowest BCUT2D eigenvalue weighted by molar-refractivity contribution is 0.0699. The molecule has 0 bridgehead atoms. The molecular weight excluding hydrogens is 332 g/mol. The Balaban J connectivity index is 2.16. The van der Waals surface area contributed by atoms with Gasteiger partial charge in [0.25, 0.3) is 10.0 Å². The van der Waals surface area contributed by atoms with E-state index in [0.29, 0.717) is 28.0 Å². The molecule has 9 heteroatoms. The Bertz CT molecular complexity index is 1060. The number of sulfonamides is 1. The van der Waals surface area contributed by atoms with Crippen LogP contribution in [0.1, 0.15) is 10.4 Å². The van der Waals surface area contributed by atoms with Crippen LogP contribution in [0.4, 0.5) is 5.69 Å². The second-order valence-electron chi connectivity index (χ2n) is 4.85. The van der Waals surface area contributed by atoms with Crippen molar-refractivity contribution in [1.29, 1.82) is 0 Å². The minimum absolute atomic E-state index is 0.0395. The van der Waals surface area contributed by atoms with Crippen LogP contribution in [-0.2, 0) is 10.0 Å². The van der Waals surface area contributed by atoms with E-state index in [2.05, 4.69) is 26.3 Å². The summed E-state index contributed by atoms with van der Waals surface area (Å²) in [6, 6.07) is 6.46. The first kappa shape index (κ1) is 15.7. The van der Waals surface area contributed by atoms with Crippen molar-refractivity contribution in [2.75, 3.05) is 4.72 Å². The van der Waals surface area contributed by atoms with Gasteiger partial charge in [-0.2, -0.15) is 0 Å². The Kier molecular flexibility index (Phi) is 3.78. The quantitative estimate of drug-likeness (QED) is 0.651. The molecule has 0 unspecified atom stereocenters. The van der Waals surface area contributed by atoms with Gasteiger partial charge >= 0.3 is 5.97 Å². The van der Waals surface area contributed by atoms with Gasteiger partial charge in [-0.25, -0.2) is 23.2 Å². The number of carbonyl (C=O) groups is 1. The maximum absolute atomic E-state index is 11.6. The highest BCUT2D eigenvalue weighted by Crippen LogP contribution is 2.29. The second kappa shape index (κ2) is 5.78. The van der Waals surface area contributed by atoms with Crippen molar-refractivity contribution in [2.24, 2.45) is 0 Å². The standard InChI is InChI=1S/C15H12N4O4S/c1-2-24(22,23)19-10-5-3-4-9(6-10)13-12-11(15(20)21)7-16-14(12)18-8-17-13/h2-8,19H,1H2,(H,20,21)(H,16,17,18). The third-order valence-corrected chi connectivity index (χ3v) is 4.27. The average Bonchev–Trinajstić information content (AvgIpc) is 2.99. The summed E-state index contributed by atoms with van der Waals surface area (Å²) in [7, 11) is -3.64. The molecule has 122 valence electrons. The van der Waals surface area contributed by atoms with E-state index in [-0.39, 0.29) is 5.56 Å². The molecule has 0 radical (unpaired) electrons. The van der Waals surface area contributed by atoms with Gasteiger partial charge in [0.1, 0.15) is 12.0 Å². The topological polar surface area (TPSA) is 125 Å². The number of aromatic nitrogens is 3. The fourth-order valence-electron chi connectivity index (χ4n) is 2.29. The number of aromatic amines is 1. The number of aromatic carboxylic acids is 1. The van der Waals surface area contributed by atoms with Gasteiger partial charge in [0.15, 0.2) is 0 Å². The van der Waals surface area contributed by atoms with Crippen molar-refractivity contribution >= 4 is 32.7 Å². The second-order valence-corrected chi connectivity index (χ2v) is 6.48. The SMILES string of the molecule is C=CS(=O)(=O)Nc1cccc(-c2ncnc3[nH]cc(C(=O)O)c23)c1. The summed E-state index contributed by atoms with van der Waals surface area (Å²) in [5.74, 6) is -1.11. The highest BCUT2D eigenvalue weighted by Gasteiger charge is 2.17. The molecule has 0 saturated heterocycles. The number of rotatable bonds is 5. The van der Waals surface area contributed by atoms with Crippen LogP contribution < -0.4 is 4.72 Å². The van der Waals surface area contributed by atoms with Crippen molar-refractivity contribution < 1.29 is 18.3 Å². The van der Waals surface area contributed by atoms with Gasteiger partial charge in [0.05, 0.1) is 16.6 Å². The Labute approximate surface area is 136 Å². The molecule has 1 aromatic carbocycles. The van der Waals surface area contributed by atoms with Crippen molar-refractivity contribution in [2.45, 2.75) is 0 Å². The molecule has 0 spiro atoms. The van der Waals surface area contributed by atoms with E-state index in [1.165, 1.54) is 12.5 Å². The van der Waals surface area contributed by atoms with Gasteiger partial charge in [-0.15, -0.1) is 0 Å². The van der Waals surface area contributed by atoms with E-state index in [1.807, 2.05) is 0 Å². The zero-order valence-corrected chi connectivity index (χ0v) is 13.0. The van der Waals surface area contributed by atoms with Crippen molar-refractivity contribution in [3.8, 4) is 11.3 Å². The molecule has 0 saturated carbocycles. The lowest BCUT2D eigenvalue weighted by Crippen LogP contribution is -2.08. The molecule has 3 aromatic rings. The molecule has 8 nitrogen and oxygen atoms in total. The zero-order chi connectivity index (χ0) is 17.3. The van der Waals surface area contributed by atoms with Crippen LogP contribution >= 0.6 is 0 Å². The van der Waals surface area contributed by atoms with Gasteiger partial charge in [0, 0.05) is 22.9 Å². The molecule has 0 atom stereocenters. The predicted molar refractivity (Wildman–Crippen MR) is 89.0 cm³/mol. The van der Waals surface area contributed by atoms with Crippen LogP contribution in [-0.4, -0.2) is 34.4 Å². The molecule has 0 aliphatic heterocycles. The Morgan fingerprint density at radius 1 is 1.33 bits per heavy atom. The number of H-pyrrole nitrogens is 1. The predicted octanol–water partition coefficient (Wildman–Crippen LogP) is 2.21. The summed E-state index contributed by atoms with van der Waals surface area (Å²) in [6.07, 6.45) is 2.65. The molecule has 2 aromatic heterocycles. The highest BCUT2D eigenvalue weighted by molar-refractivity contribution is 7.95. The summed E-state index contributed by atoms with van der Waals surface area (Å²) in [4.78, 5) is 22.3. The first-order valence-electron chi connectivity index (χ1n) is 6.72. The third-order valence-electron chi connectivity index (χ3n) is 3.32. The van der Waals surface area contributed by atoms with Gasteiger partial charge in [-0.1, -0.05) is 18.7 Å². The smallest absolute Gasteiger partial charge is 0.338 e. The molecule has 0 amide bonds. The van der Waals surface area contributed by atoms with Crippen LogP contribution in [0.3, 0.4) is 0 Å². The van der Waals surface area contributed by atoms with Crippen LogP contribution in [0.25, 0.3) is 22.3 Å². The Morgan fingerprint density at radius 3 is 2.83 bits per heavy atom. The third kappa shape index (κ3) is 2.84. The Morgan fingerprint density at radius 2 is 2.12 bits per heavy atom. The van der Waals surface area contributed by atoms with Crippen LogP contribution in [0.15, 0.2) is 48.8 Å². The van der Waals surface area contributed by atoms with Gasteiger partial charge in [-0.3, -0.25) is 4.72 Å². The van der Waals surface area contributed by atoms with Crippen LogP contribution in [0, 0.1) is 0 Å². The number of benzene rings is 1. The molecule has 3 N–H and O–H groups in total. The van der Waals surface area contributed by atoms with E-state index in [1.54, 1.807) is 24.3 Å². The molecule has 2 heterocycles. The summed E-state index contributed by atoms with van der Waals surface area (Å²) in [5.41, 5.74) is 1.67. The number of nitrogens with one attached hydrogen (secondary N) is 2. The lowest BCUT2D eigenvalue weighted by atomic mass is 10.1. The van der Waals surface area contributed by atoms with Crippen molar-refractivity contribution in [3.63, 3.8) is 0 Å². The Hall–Kier alpha value is -3.20.